The minimum atomic E-state index is -1.05. The minimum absolute atomic E-state index is 0.0177. The first-order valence-corrected chi connectivity index (χ1v) is 14.2. The van der Waals surface area contributed by atoms with Crippen molar-refractivity contribution >= 4 is 24.2 Å². The molecular formula is C32H39N3O7. The Morgan fingerprint density at radius 1 is 1.02 bits per heavy atom. The van der Waals surface area contributed by atoms with E-state index in [4.69, 9.17) is 9.25 Å². The van der Waals surface area contributed by atoms with Crippen molar-refractivity contribution in [3.8, 4) is 11.3 Å². The van der Waals surface area contributed by atoms with Gasteiger partial charge < -0.3 is 20.2 Å². The summed E-state index contributed by atoms with van der Waals surface area (Å²) in [6.07, 6.45) is 4.40. The van der Waals surface area contributed by atoms with Crippen molar-refractivity contribution in [2.75, 3.05) is 6.67 Å². The van der Waals surface area contributed by atoms with Gasteiger partial charge in [-0.1, -0.05) is 75.6 Å². The van der Waals surface area contributed by atoms with Crippen LogP contribution in [0.3, 0.4) is 0 Å². The van der Waals surface area contributed by atoms with Crippen LogP contribution in [-0.4, -0.2) is 47.1 Å². The van der Waals surface area contributed by atoms with Crippen molar-refractivity contribution in [3.63, 3.8) is 0 Å². The van der Waals surface area contributed by atoms with Crippen molar-refractivity contribution in [3.05, 3.63) is 83.1 Å². The summed E-state index contributed by atoms with van der Waals surface area (Å²) in [6, 6.07) is 16.9. The Morgan fingerprint density at radius 2 is 1.79 bits per heavy atom. The number of carboxylic acids is 1. The maximum atomic E-state index is 13.3. The number of carboxylic acid groups (broad SMARTS) is 1. The lowest BCUT2D eigenvalue weighted by Crippen LogP contribution is -2.48. The molecule has 2 atom stereocenters. The second-order valence-electron chi connectivity index (χ2n) is 10.0. The molecule has 42 heavy (non-hydrogen) atoms. The normalized spacial score (nSPS) is 12.3. The lowest BCUT2D eigenvalue weighted by atomic mass is 9.90. The van der Waals surface area contributed by atoms with Crippen molar-refractivity contribution in [2.45, 2.75) is 65.5 Å². The molecule has 0 bridgehead atoms. The van der Waals surface area contributed by atoms with Crippen molar-refractivity contribution in [1.82, 2.24) is 15.7 Å². The van der Waals surface area contributed by atoms with Gasteiger partial charge in [0.2, 0.25) is 12.3 Å². The summed E-state index contributed by atoms with van der Waals surface area (Å²) in [4.78, 5) is 55.3. The van der Waals surface area contributed by atoms with Gasteiger partial charge in [0.05, 0.1) is 24.2 Å². The first-order chi connectivity index (χ1) is 20.3. The fraction of sp³-hybridized carbons (Fsp3) is 0.375. The lowest BCUT2D eigenvalue weighted by molar-refractivity contribution is -0.200. The summed E-state index contributed by atoms with van der Waals surface area (Å²) in [5.41, 5.74) is 2.19. The molecule has 0 aliphatic carbocycles. The van der Waals surface area contributed by atoms with Gasteiger partial charge in [0, 0.05) is 5.56 Å². The monoisotopic (exact) mass is 577 g/mol. The van der Waals surface area contributed by atoms with Crippen LogP contribution in [-0.2, 0) is 21.0 Å². The van der Waals surface area contributed by atoms with Gasteiger partial charge in [-0.05, 0) is 49.1 Å². The minimum Gasteiger partial charge on any atom is -0.478 e. The molecule has 0 aliphatic heterocycles. The number of unbranched alkanes of at least 4 members (excludes halogenated alkanes) is 2. The zero-order valence-corrected chi connectivity index (χ0v) is 24.3. The molecule has 0 spiro atoms. The van der Waals surface area contributed by atoms with Gasteiger partial charge in [0.15, 0.2) is 5.76 Å². The number of hydrogen-bond donors (Lipinski definition) is 3. The number of nitrogens with one attached hydrogen (secondary N) is 2. The average molecular weight is 578 g/mol. The van der Waals surface area contributed by atoms with E-state index in [2.05, 4.69) is 17.6 Å². The average Bonchev–Trinajstić information content (AvgIpc) is 3.49. The van der Waals surface area contributed by atoms with Crippen LogP contribution in [0.4, 0.5) is 0 Å². The number of rotatable bonds is 17. The van der Waals surface area contributed by atoms with Crippen LogP contribution in [0.25, 0.3) is 11.3 Å². The lowest BCUT2D eigenvalue weighted by Gasteiger charge is -2.32. The summed E-state index contributed by atoms with van der Waals surface area (Å²) in [5, 5.41) is 16.0. The van der Waals surface area contributed by atoms with Crippen LogP contribution in [0.5, 0.6) is 0 Å². The number of carbonyl (C=O) groups is 4. The van der Waals surface area contributed by atoms with E-state index in [9.17, 15) is 24.3 Å². The highest BCUT2D eigenvalue weighted by Gasteiger charge is 2.32. The van der Waals surface area contributed by atoms with Crippen LogP contribution in [0.2, 0.25) is 0 Å². The zero-order valence-electron chi connectivity index (χ0n) is 24.3. The highest BCUT2D eigenvalue weighted by Crippen LogP contribution is 2.25. The van der Waals surface area contributed by atoms with E-state index >= 15 is 0 Å². The molecule has 0 aliphatic rings. The summed E-state index contributed by atoms with van der Waals surface area (Å²) < 4.78 is 5.66. The second-order valence-corrected chi connectivity index (χ2v) is 10.0. The zero-order chi connectivity index (χ0) is 30.5. The van der Waals surface area contributed by atoms with E-state index in [0.29, 0.717) is 36.1 Å². The number of benzene rings is 2. The number of aryl methyl sites for hydroxylation is 1. The number of hydrogen-bond acceptors (Lipinski definition) is 6. The van der Waals surface area contributed by atoms with Gasteiger partial charge in [0.1, 0.15) is 12.4 Å². The number of amides is 3. The Kier molecular flexibility index (Phi) is 12.3. The van der Waals surface area contributed by atoms with Crippen LogP contribution in [0.15, 0.2) is 65.1 Å². The molecule has 1 unspecified atom stereocenters. The Morgan fingerprint density at radius 3 is 2.45 bits per heavy atom. The quantitative estimate of drug-likeness (QED) is 0.0854. The van der Waals surface area contributed by atoms with Crippen LogP contribution in [0, 0.1) is 12.8 Å². The van der Waals surface area contributed by atoms with Gasteiger partial charge in [-0.3, -0.25) is 19.2 Å². The topological polar surface area (TPSA) is 138 Å². The van der Waals surface area contributed by atoms with Crippen molar-refractivity contribution in [2.24, 2.45) is 5.92 Å². The molecule has 10 nitrogen and oxygen atoms in total. The number of carbonyl (C=O) groups excluding carboxylic acids is 3. The van der Waals surface area contributed by atoms with E-state index in [0.717, 1.165) is 24.8 Å². The largest absolute Gasteiger partial charge is 0.478 e. The summed E-state index contributed by atoms with van der Waals surface area (Å²) in [6.45, 7) is 5.73. The molecule has 0 radical (unpaired) electrons. The van der Waals surface area contributed by atoms with E-state index in [-0.39, 0.29) is 30.5 Å². The highest BCUT2D eigenvalue weighted by atomic mass is 16.7. The number of nitrogens with zero attached hydrogens (tertiary/aromatic N) is 1. The smallest absolute Gasteiger partial charge is 0.335 e. The fourth-order valence-electron chi connectivity index (χ4n) is 4.73. The molecule has 1 heterocycles. The SMILES string of the molecule is CCCCCC(C(=O)NCNC(=O)c1ccc(-c2ccc(C)c(C(=O)O)c2)o1)[C@@H](CC)N(C=O)OCc1ccccc1. The summed E-state index contributed by atoms with van der Waals surface area (Å²) >= 11 is 0. The Bertz CT molecular complexity index is 1340. The van der Waals surface area contributed by atoms with E-state index in [1.165, 1.54) is 17.2 Å². The fourth-order valence-corrected chi connectivity index (χ4v) is 4.73. The van der Waals surface area contributed by atoms with Gasteiger partial charge in [0.25, 0.3) is 5.91 Å². The summed E-state index contributed by atoms with van der Waals surface area (Å²) in [5.74, 6) is -2.06. The second kappa shape index (κ2) is 16.1. The predicted octanol–water partition coefficient (Wildman–Crippen LogP) is 5.32. The maximum Gasteiger partial charge on any atom is 0.335 e. The van der Waals surface area contributed by atoms with Gasteiger partial charge in [-0.15, -0.1) is 0 Å². The molecule has 2 aromatic carbocycles. The van der Waals surface area contributed by atoms with Gasteiger partial charge in [-0.25, -0.2) is 9.86 Å². The van der Waals surface area contributed by atoms with Crippen LogP contribution < -0.4 is 10.6 Å². The Hall–Kier alpha value is -4.44. The molecule has 1 aromatic heterocycles. The van der Waals surface area contributed by atoms with Crippen molar-refractivity contribution < 1.29 is 33.5 Å². The summed E-state index contributed by atoms with van der Waals surface area (Å²) in [7, 11) is 0. The Labute approximate surface area is 246 Å². The predicted molar refractivity (Wildman–Crippen MR) is 157 cm³/mol. The third-order valence-electron chi connectivity index (χ3n) is 7.09. The van der Waals surface area contributed by atoms with Crippen LogP contribution >= 0.6 is 0 Å². The number of hydroxylamine groups is 2. The third-order valence-corrected chi connectivity index (χ3v) is 7.09. The van der Waals surface area contributed by atoms with Gasteiger partial charge >= 0.3 is 5.97 Å². The number of furan rings is 1. The third kappa shape index (κ3) is 8.78. The molecule has 224 valence electrons. The maximum absolute atomic E-state index is 13.3. The molecule has 3 N–H and O–H groups in total. The molecule has 10 heteroatoms. The molecule has 3 aromatic rings. The van der Waals surface area contributed by atoms with E-state index < -0.39 is 23.8 Å². The van der Waals surface area contributed by atoms with Gasteiger partial charge in [-0.2, -0.15) is 0 Å². The molecule has 0 saturated heterocycles. The molecule has 0 fully saturated rings. The molecular weight excluding hydrogens is 538 g/mol. The molecule has 3 rings (SSSR count). The van der Waals surface area contributed by atoms with E-state index in [1.807, 2.05) is 37.3 Å². The first-order valence-electron chi connectivity index (χ1n) is 14.2. The molecule has 0 saturated carbocycles. The number of aromatic carboxylic acids is 1. The van der Waals surface area contributed by atoms with E-state index in [1.54, 1.807) is 25.1 Å². The van der Waals surface area contributed by atoms with Crippen molar-refractivity contribution in [1.29, 1.82) is 0 Å². The van der Waals surface area contributed by atoms with Crippen LogP contribution in [0.1, 0.15) is 78.0 Å². The molecule has 3 amide bonds. The first kappa shape index (κ1) is 32.1. The Balaban J connectivity index is 1.62. The standard InChI is InChI=1S/C32H39N3O7/c1-4-6-8-13-25(27(5-2)35(21-36)41-19-23-11-9-7-10-12-23)30(37)33-20-34-31(38)29-17-16-28(42-29)24-15-14-22(3)26(18-24)32(39)40/h7,9-12,14-18,21,25,27H,4-6,8,13,19-20H2,1-3H3,(H,33,37)(H,34,38)(H,39,40)/t25?,27-/m1/s1. The highest BCUT2D eigenvalue weighted by molar-refractivity contribution is 5.93.